The highest BCUT2D eigenvalue weighted by atomic mass is 16.3. The van der Waals surface area contributed by atoms with Crippen molar-refractivity contribution in [3.8, 4) is 11.1 Å². The van der Waals surface area contributed by atoms with E-state index in [1.54, 1.807) is 0 Å². The molecule has 1 aliphatic rings. The molecule has 32 heavy (non-hydrogen) atoms. The fourth-order valence-electron chi connectivity index (χ4n) is 5.01. The van der Waals surface area contributed by atoms with Crippen LogP contribution in [0, 0.1) is 0 Å². The molecule has 1 aliphatic carbocycles. The molecule has 2 N–H and O–H groups in total. The van der Waals surface area contributed by atoms with E-state index >= 15 is 0 Å². The SMILES string of the molecule is CN(CCNC(=O)Cc1c[nH]c2cc(-c3coc4ccccc34)ccc12)C1CCCCC1. The Labute approximate surface area is 188 Å². The van der Waals surface area contributed by atoms with Crippen LogP contribution in [0.3, 0.4) is 0 Å². The lowest BCUT2D eigenvalue weighted by atomic mass is 9.94. The fraction of sp³-hybridized carbons (Fsp3) is 0.370. The first-order chi connectivity index (χ1) is 15.7. The third kappa shape index (κ3) is 4.30. The Morgan fingerprint density at radius 3 is 2.84 bits per heavy atom. The van der Waals surface area contributed by atoms with Crippen molar-refractivity contribution in [2.75, 3.05) is 20.1 Å². The van der Waals surface area contributed by atoms with Gasteiger partial charge in [0, 0.05) is 47.2 Å². The van der Waals surface area contributed by atoms with E-state index in [0.717, 1.165) is 45.1 Å². The van der Waals surface area contributed by atoms with Gasteiger partial charge in [0.25, 0.3) is 0 Å². The van der Waals surface area contributed by atoms with Crippen LogP contribution in [0.5, 0.6) is 0 Å². The molecule has 0 radical (unpaired) electrons. The minimum atomic E-state index is 0.0767. The quantitative estimate of drug-likeness (QED) is 0.407. The minimum Gasteiger partial charge on any atom is -0.464 e. The molecule has 5 nitrogen and oxygen atoms in total. The summed E-state index contributed by atoms with van der Waals surface area (Å²) in [5, 5.41) is 5.30. The molecular formula is C27H31N3O2. The molecule has 5 rings (SSSR count). The number of carbonyl (C=O) groups excluding carboxylic acids is 1. The van der Waals surface area contributed by atoms with Gasteiger partial charge in [-0.25, -0.2) is 0 Å². The fourth-order valence-corrected chi connectivity index (χ4v) is 5.01. The number of furan rings is 1. The van der Waals surface area contributed by atoms with E-state index in [1.165, 1.54) is 32.1 Å². The van der Waals surface area contributed by atoms with Crippen LogP contribution in [-0.4, -0.2) is 42.0 Å². The van der Waals surface area contributed by atoms with Gasteiger partial charge in [0.05, 0.1) is 12.7 Å². The summed E-state index contributed by atoms with van der Waals surface area (Å²) < 4.78 is 5.70. The highest BCUT2D eigenvalue weighted by Crippen LogP contribution is 2.32. The van der Waals surface area contributed by atoms with Gasteiger partial charge in [-0.05, 0) is 43.1 Å². The van der Waals surface area contributed by atoms with Crippen LogP contribution in [0.4, 0.5) is 0 Å². The molecule has 4 aromatic rings. The van der Waals surface area contributed by atoms with Crippen LogP contribution in [-0.2, 0) is 11.2 Å². The summed E-state index contributed by atoms with van der Waals surface area (Å²) in [6, 6.07) is 15.1. The molecule has 0 unspecified atom stereocenters. The lowest BCUT2D eigenvalue weighted by Gasteiger charge is -2.31. The second kappa shape index (κ2) is 9.21. The minimum absolute atomic E-state index is 0.0767. The van der Waals surface area contributed by atoms with Gasteiger partial charge in [0.15, 0.2) is 0 Å². The normalized spacial score (nSPS) is 15.1. The van der Waals surface area contributed by atoms with Crippen LogP contribution >= 0.6 is 0 Å². The van der Waals surface area contributed by atoms with Gasteiger partial charge in [0.1, 0.15) is 5.58 Å². The predicted molar refractivity (Wildman–Crippen MR) is 130 cm³/mol. The smallest absolute Gasteiger partial charge is 0.224 e. The first kappa shape index (κ1) is 20.8. The predicted octanol–water partition coefficient (Wildman–Crippen LogP) is 5.50. The third-order valence-electron chi connectivity index (χ3n) is 6.90. The molecule has 2 aromatic heterocycles. The molecule has 2 aromatic carbocycles. The lowest BCUT2D eigenvalue weighted by molar-refractivity contribution is -0.120. The first-order valence-electron chi connectivity index (χ1n) is 11.7. The van der Waals surface area contributed by atoms with Gasteiger partial charge in [0.2, 0.25) is 5.91 Å². The number of aromatic nitrogens is 1. The van der Waals surface area contributed by atoms with Gasteiger partial charge in [-0.3, -0.25) is 4.79 Å². The number of nitrogens with one attached hydrogen (secondary N) is 2. The third-order valence-corrected chi connectivity index (χ3v) is 6.90. The zero-order valence-corrected chi connectivity index (χ0v) is 18.7. The average molecular weight is 430 g/mol. The Balaban J connectivity index is 1.22. The van der Waals surface area contributed by atoms with Crippen molar-refractivity contribution in [2.45, 2.75) is 44.6 Å². The second-order valence-electron chi connectivity index (χ2n) is 9.02. The number of amides is 1. The Kier molecular flexibility index (Phi) is 5.99. The van der Waals surface area contributed by atoms with Crippen molar-refractivity contribution in [2.24, 2.45) is 0 Å². The number of hydrogen-bond donors (Lipinski definition) is 2. The highest BCUT2D eigenvalue weighted by Gasteiger charge is 2.18. The Bertz CT molecular complexity index is 1220. The number of fused-ring (bicyclic) bond motifs is 2. The summed E-state index contributed by atoms with van der Waals surface area (Å²) in [6.07, 6.45) is 10.8. The van der Waals surface area contributed by atoms with Gasteiger partial charge in [-0.2, -0.15) is 0 Å². The first-order valence-corrected chi connectivity index (χ1v) is 11.7. The standard InChI is InChI=1S/C27H31N3O2/c1-30(21-7-3-2-4-8-21)14-13-28-27(31)16-20-17-29-25-15-19(11-12-22(20)25)24-18-32-26-10-6-5-9-23(24)26/h5-6,9-12,15,17-18,21,29H,2-4,7-8,13-14,16H2,1H3,(H,28,31). The molecule has 2 heterocycles. The second-order valence-corrected chi connectivity index (χ2v) is 9.02. The van der Waals surface area contributed by atoms with Crippen molar-refractivity contribution < 1.29 is 9.21 Å². The van der Waals surface area contributed by atoms with Crippen LogP contribution in [0.1, 0.15) is 37.7 Å². The van der Waals surface area contributed by atoms with Crippen LogP contribution in [0.2, 0.25) is 0 Å². The molecule has 5 heteroatoms. The molecule has 0 aliphatic heterocycles. The maximum atomic E-state index is 12.6. The van der Waals surface area contributed by atoms with E-state index in [-0.39, 0.29) is 5.91 Å². The summed E-state index contributed by atoms with van der Waals surface area (Å²) in [5.74, 6) is 0.0767. The number of para-hydroxylation sites is 1. The van der Waals surface area contributed by atoms with Gasteiger partial charge < -0.3 is 19.6 Å². The number of carbonyl (C=O) groups is 1. The molecule has 1 saturated carbocycles. The average Bonchev–Trinajstić information content (AvgIpc) is 3.43. The van der Waals surface area contributed by atoms with Gasteiger partial charge >= 0.3 is 0 Å². The maximum Gasteiger partial charge on any atom is 0.224 e. The van der Waals surface area contributed by atoms with E-state index in [0.29, 0.717) is 19.0 Å². The number of hydrogen-bond acceptors (Lipinski definition) is 3. The van der Waals surface area contributed by atoms with E-state index < -0.39 is 0 Å². The van der Waals surface area contributed by atoms with Crippen LogP contribution in [0.15, 0.2) is 59.3 Å². The van der Waals surface area contributed by atoms with Gasteiger partial charge in [-0.15, -0.1) is 0 Å². The number of H-pyrrole nitrogens is 1. The molecule has 1 fully saturated rings. The number of aromatic amines is 1. The summed E-state index contributed by atoms with van der Waals surface area (Å²) in [6.45, 7) is 1.61. The van der Waals surface area contributed by atoms with Crippen molar-refractivity contribution in [1.29, 1.82) is 0 Å². The zero-order valence-electron chi connectivity index (χ0n) is 18.7. The topological polar surface area (TPSA) is 61.3 Å². The molecule has 166 valence electrons. The summed E-state index contributed by atoms with van der Waals surface area (Å²) in [5.41, 5.74) is 5.14. The zero-order chi connectivity index (χ0) is 21.9. The lowest BCUT2D eigenvalue weighted by Crippen LogP contribution is -2.39. The summed E-state index contributed by atoms with van der Waals surface area (Å²) in [7, 11) is 2.18. The largest absolute Gasteiger partial charge is 0.464 e. The van der Waals surface area contributed by atoms with E-state index in [9.17, 15) is 4.79 Å². The monoisotopic (exact) mass is 429 g/mol. The summed E-state index contributed by atoms with van der Waals surface area (Å²) in [4.78, 5) is 18.3. The molecule has 1 amide bonds. The molecule has 0 spiro atoms. The number of nitrogens with zero attached hydrogens (tertiary/aromatic N) is 1. The number of rotatable bonds is 7. The molecule has 0 saturated heterocycles. The van der Waals surface area contributed by atoms with Gasteiger partial charge in [-0.1, -0.05) is 49.6 Å². The Hall–Kier alpha value is -3.05. The van der Waals surface area contributed by atoms with E-state index in [1.807, 2.05) is 30.7 Å². The Morgan fingerprint density at radius 2 is 1.97 bits per heavy atom. The van der Waals surface area contributed by atoms with E-state index in [2.05, 4.69) is 46.5 Å². The summed E-state index contributed by atoms with van der Waals surface area (Å²) >= 11 is 0. The van der Waals surface area contributed by atoms with Crippen molar-refractivity contribution in [3.63, 3.8) is 0 Å². The highest BCUT2D eigenvalue weighted by molar-refractivity contribution is 5.97. The van der Waals surface area contributed by atoms with Crippen molar-refractivity contribution >= 4 is 27.8 Å². The number of benzene rings is 2. The number of likely N-dealkylation sites (N-methyl/N-ethyl adjacent to an activating group) is 1. The van der Waals surface area contributed by atoms with Crippen molar-refractivity contribution in [3.05, 3.63) is 60.5 Å². The van der Waals surface area contributed by atoms with Crippen LogP contribution in [0.25, 0.3) is 33.0 Å². The van der Waals surface area contributed by atoms with E-state index in [4.69, 9.17) is 4.42 Å². The molecular weight excluding hydrogens is 398 g/mol. The van der Waals surface area contributed by atoms with Crippen molar-refractivity contribution in [1.82, 2.24) is 15.2 Å². The maximum absolute atomic E-state index is 12.6. The van der Waals surface area contributed by atoms with Crippen LogP contribution < -0.4 is 5.32 Å². The molecule has 0 bridgehead atoms. The Morgan fingerprint density at radius 1 is 1.12 bits per heavy atom. The molecule has 0 atom stereocenters.